The Morgan fingerprint density at radius 2 is 2.25 bits per heavy atom. The highest BCUT2D eigenvalue weighted by Gasteiger charge is 2.22. The molecule has 0 aliphatic carbocycles. The molecule has 2 rings (SSSR count). The first-order valence-corrected chi connectivity index (χ1v) is 6.47. The average Bonchev–Trinajstić information content (AvgIpc) is 2.60. The van der Waals surface area contributed by atoms with Crippen LogP contribution in [0, 0.1) is 3.57 Å². The fourth-order valence-corrected chi connectivity index (χ4v) is 2.89. The normalized spacial score (nSPS) is 14.1. The van der Waals surface area contributed by atoms with Crippen molar-refractivity contribution in [3.8, 4) is 0 Å². The van der Waals surface area contributed by atoms with E-state index in [0.29, 0.717) is 6.54 Å². The van der Waals surface area contributed by atoms with Crippen LogP contribution in [0.3, 0.4) is 0 Å². The van der Waals surface area contributed by atoms with E-state index in [0.717, 1.165) is 27.8 Å². The Balaban J connectivity index is 2.31. The van der Waals surface area contributed by atoms with Crippen molar-refractivity contribution in [1.29, 1.82) is 0 Å². The van der Waals surface area contributed by atoms with E-state index in [1.54, 1.807) is 0 Å². The zero-order valence-electron chi connectivity index (χ0n) is 9.51. The molecule has 1 heterocycles. The Bertz CT molecular complexity index is 431. The molecular formula is C12H15IN2O. The van der Waals surface area contributed by atoms with Gasteiger partial charge in [-0.25, -0.2) is 0 Å². The molecule has 0 saturated carbocycles. The van der Waals surface area contributed by atoms with Crippen LogP contribution in [0.25, 0.3) is 0 Å². The standard InChI is InChI=1S/C12H15IN2O/c1-3-15(2)7-8-4-9-6-14-12(16)11(9)10(13)5-8/h4-5H,3,6-7H2,1-2H3,(H,14,16). The van der Waals surface area contributed by atoms with E-state index in [4.69, 9.17) is 0 Å². The van der Waals surface area contributed by atoms with Crippen molar-refractivity contribution in [2.75, 3.05) is 13.6 Å². The molecule has 1 aromatic rings. The molecule has 86 valence electrons. The Hall–Kier alpha value is -0.620. The third-order valence-corrected chi connectivity index (χ3v) is 3.74. The van der Waals surface area contributed by atoms with Gasteiger partial charge in [0.1, 0.15) is 0 Å². The monoisotopic (exact) mass is 330 g/mol. The molecule has 1 N–H and O–H groups in total. The molecule has 1 amide bonds. The summed E-state index contributed by atoms with van der Waals surface area (Å²) in [6.07, 6.45) is 0. The zero-order valence-corrected chi connectivity index (χ0v) is 11.7. The van der Waals surface area contributed by atoms with Gasteiger partial charge in [-0.3, -0.25) is 4.79 Å². The van der Waals surface area contributed by atoms with Crippen molar-refractivity contribution < 1.29 is 4.79 Å². The number of nitrogens with one attached hydrogen (secondary N) is 1. The quantitative estimate of drug-likeness (QED) is 0.860. The maximum absolute atomic E-state index is 11.5. The molecule has 0 bridgehead atoms. The Kier molecular flexibility index (Phi) is 3.49. The van der Waals surface area contributed by atoms with Gasteiger partial charge < -0.3 is 10.2 Å². The average molecular weight is 330 g/mol. The number of benzene rings is 1. The van der Waals surface area contributed by atoms with Gasteiger partial charge in [-0.15, -0.1) is 0 Å². The van der Waals surface area contributed by atoms with E-state index in [1.165, 1.54) is 5.56 Å². The molecule has 0 fully saturated rings. The molecule has 0 spiro atoms. The summed E-state index contributed by atoms with van der Waals surface area (Å²) in [6.45, 7) is 4.79. The maximum atomic E-state index is 11.5. The van der Waals surface area contributed by atoms with Gasteiger partial charge in [0.05, 0.1) is 5.56 Å². The summed E-state index contributed by atoms with van der Waals surface area (Å²) in [7, 11) is 2.10. The van der Waals surface area contributed by atoms with E-state index in [9.17, 15) is 4.79 Å². The number of rotatable bonds is 3. The summed E-state index contributed by atoms with van der Waals surface area (Å²) in [4.78, 5) is 13.8. The van der Waals surface area contributed by atoms with Crippen LogP contribution in [0.4, 0.5) is 0 Å². The molecule has 0 saturated heterocycles. The number of amides is 1. The summed E-state index contributed by atoms with van der Waals surface area (Å²) in [5, 5.41) is 2.86. The Morgan fingerprint density at radius 3 is 2.94 bits per heavy atom. The Labute approximate surface area is 109 Å². The highest BCUT2D eigenvalue weighted by molar-refractivity contribution is 14.1. The molecule has 0 atom stereocenters. The zero-order chi connectivity index (χ0) is 11.7. The number of fused-ring (bicyclic) bond motifs is 1. The first-order chi connectivity index (χ1) is 7.61. The van der Waals surface area contributed by atoms with Gasteiger partial charge in [0, 0.05) is 16.7 Å². The topological polar surface area (TPSA) is 32.3 Å². The van der Waals surface area contributed by atoms with Gasteiger partial charge in [0.25, 0.3) is 5.91 Å². The smallest absolute Gasteiger partial charge is 0.252 e. The molecule has 0 aromatic heterocycles. The first-order valence-electron chi connectivity index (χ1n) is 5.40. The SMILES string of the molecule is CCN(C)Cc1cc(I)c2c(c1)CNC2=O. The molecule has 1 aliphatic rings. The van der Waals surface area contributed by atoms with Gasteiger partial charge >= 0.3 is 0 Å². The summed E-state index contributed by atoms with van der Waals surface area (Å²) >= 11 is 2.25. The minimum absolute atomic E-state index is 0.0646. The second-order valence-electron chi connectivity index (χ2n) is 4.12. The number of hydrogen-bond acceptors (Lipinski definition) is 2. The van der Waals surface area contributed by atoms with E-state index >= 15 is 0 Å². The third-order valence-electron chi connectivity index (χ3n) is 2.89. The number of nitrogens with zero attached hydrogens (tertiary/aromatic N) is 1. The van der Waals surface area contributed by atoms with Crippen LogP contribution in [0.5, 0.6) is 0 Å². The van der Waals surface area contributed by atoms with Crippen LogP contribution in [0.2, 0.25) is 0 Å². The molecule has 1 aliphatic heterocycles. The molecule has 0 radical (unpaired) electrons. The predicted octanol–water partition coefficient (Wildman–Crippen LogP) is 1.99. The molecule has 3 nitrogen and oxygen atoms in total. The van der Waals surface area contributed by atoms with Crippen LogP contribution in [0.15, 0.2) is 12.1 Å². The summed E-state index contributed by atoms with van der Waals surface area (Å²) < 4.78 is 1.06. The van der Waals surface area contributed by atoms with Crippen LogP contribution < -0.4 is 5.32 Å². The van der Waals surface area contributed by atoms with Gasteiger partial charge in [0.15, 0.2) is 0 Å². The molecular weight excluding hydrogens is 315 g/mol. The fraction of sp³-hybridized carbons (Fsp3) is 0.417. The summed E-state index contributed by atoms with van der Waals surface area (Å²) in [5.41, 5.74) is 3.28. The minimum Gasteiger partial charge on any atom is -0.348 e. The highest BCUT2D eigenvalue weighted by Crippen LogP contribution is 2.24. The molecule has 1 aromatic carbocycles. The summed E-state index contributed by atoms with van der Waals surface area (Å²) in [5.74, 6) is 0.0646. The van der Waals surface area contributed by atoms with E-state index in [2.05, 4.69) is 58.9 Å². The lowest BCUT2D eigenvalue weighted by Crippen LogP contribution is -2.17. The second-order valence-corrected chi connectivity index (χ2v) is 5.29. The van der Waals surface area contributed by atoms with Crippen molar-refractivity contribution in [1.82, 2.24) is 10.2 Å². The second kappa shape index (κ2) is 4.71. The highest BCUT2D eigenvalue weighted by atomic mass is 127. The number of halogens is 1. The van der Waals surface area contributed by atoms with Crippen LogP contribution in [0.1, 0.15) is 28.4 Å². The predicted molar refractivity (Wildman–Crippen MR) is 72.3 cm³/mol. The van der Waals surface area contributed by atoms with E-state index in [-0.39, 0.29) is 5.91 Å². The number of carbonyl (C=O) groups excluding carboxylic acids is 1. The van der Waals surface area contributed by atoms with E-state index in [1.807, 2.05) is 0 Å². The van der Waals surface area contributed by atoms with E-state index < -0.39 is 0 Å². The largest absolute Gasteiger partial charge is 0.348 e. The fourth-order valence-electron chi connectivity index (χ4n) is 1.90. The maximum Gasteiger partial charge on any atom is 0.252 e. The van der Waals surface area contributed by atoms with Gasteiger partial charge in [-0.1, -0.05) is 13.0 Å². The first kappa shape index (κ1) is 11.9. The Morgan fingerprint density at radius 1 is 1.50 bits per heavy atom. The molecule has 4 heteroatoms. The molecule has 16 heavy (non-hydrogen) atoms. The van der Waals surface area contributed by atoms with Crippen LogP contribution in [-0.4, -0.2) is 24.4 Å². The van der Waals surface area contributed by atoms with Crippen LogP contribution in [-0.2, 0) is 13.1 Å². The van der Waals surface area contributed by atoms with Crippen molar-refractivity contribution in [2.45, 2.75) is 20.0 Å². The minimum atomic E-state index is 0.0646. The lowest BCUT2D eigenvalue weighted by atomic mass is 10.1. The number of carbonyl (C=O) groups is 1. The van der Waals surface area contributed by atoms with Gasteiger partial charge in [0.2, 0.25) is 0 Å². The van der Waals surface area contributed by atoms with Gasteiger partial charge in [-0.2, -0.15) is 0 Å². The lowest BCUT2D eigenvalue weighted by molar-refractivity contribution is 0.0965. The van der Waals surface area contributed by atoms with Gasteiger partial charge in [-0.05, 0) is 53.4 Å². The number of hydrogen-bond donors (Lipinski definition) is 1. The summed E-state index contributed by atoms with van der Waals surface area (Å²) in [6, 6.07) is 4.25. The third kappa shape index (κ3) is 2.22. The van der Waals surface area contributed by atoms with Crippen molar-refractivity contribution in [3.63, 3.8) is 0 Å². The van der Waals surface area contributed by atoms with Crippen molar-refractivity contribution >= 4 is 28.5 Å². The van der Waals surface area contributed by atoms with Crippen molar-refractivity contribution in [2.24, 2.45) is 0 Å². The van der Waals surface area contributed by atoms with Crippen LogP contribution >= 0.6 is 22.6 Å². The molecule has 0 unspecified atom stereocenters. The van der Waals surface area contributed by atoms with Crippen molar-refractivity contribution in [3.05, 3.63) is 32.4 Å². The lowest BCUT2D eigenvalue weighted by Gasteiger charge is -2.14.